The summed E-state index contributed by atoms with van der Waals surface area (Å²) in [6.45, 7) is 4.66. The maximum atomic E-state index is 14.3. The molecule has 0 saturated carbocycles. The van der Waals surface area contributed by atoms with Crippen molar-refractivity contribution in [1.82, 2.24) is 30.3 Å². The first kappa shape index (κ1) is 24.4. The van der Waals surface area contributed by atoms with Crippen molar-refractivity contribution in [3.8, 4) is 0 Å². The molecule has 1 aliphatic rings. The Labute approximate surface area is 193 Å². The van der Waals surface area contributed by atoms with Gasteiger partial charge in [-0.05, 0) is 46.0 Å². The van der Waals surface area contributed by atoms with E-state index < -0.39 is 17.7 Å². The number of halogens is 3. The largest absolute Gasteiger partial charge is 0.357 e. The molecular formula is C20H30F2IN7. The summed E-state index contributed by atoms with van der Waals surface area (Å²) in [5.74, 6) is 0.966. The fourth-order valence-corrected chi connectivity index (χ4v) is 3.72. The van der Waals surface area contributed by atoms with Crippen molar-refractivity contribution in [3.05, 3.63) is 47.5 Å². The number of rotatable bonds is 6. The number of aromatic nitrogens is 3. The monoisotopic (exact) mass is 533 g/mol. The number of hydrogen-bond donors (Lipinski definition) is 2. The number of piperidine rings is 1. The van der Waals surface area contributed by atoms with Crippen molar-refractivity contribution in [2.24, 2.45) is 4.99 Å². The van der Waals surface area contributed by atoms with Gasteiger partial charge in [-0.2, -0.15) is 5.10 Å². The molecule has 30 heavy (non-hydrogen) atoms. The van der Waals surface area contributed by atoms with Gasteiger partial charge in [-0.25, -0.2) is 13.8 Å². The Kier molecular flexibility index (Phi) is 9.40. The Morgan fingerprint density at radius 1 is 1.30 bits per heavy atom. The van der Waals surface area contributed by atoms with Crippen LogP contribution in [0.4, 0.5) is 8.78 Å². The molecule has 3 rings (SSSR count). The molecule has 1 unspecified atom stereocenters. The van der Waals surface area contributed by atoms with Gasteiger partial charge in [-0.15, -0.1) is 24.0 Å². The lowest BCUT2D eigenvalue weighted by atomic mass is 9.96. The SMILES string of the molecule is CCNC(=NCC(c1c(F)cccc1F)N(C)C)N1CCC(c2ncn[nH]2)CC1.I. The minimum absolute atomic E-state index is 0. The first-order valence-corrected chi connectivity index (χ1v) is 10.00. The van der Waals surface area contributed by atoms with Gasteiger partial charge < -0.3 is 15.1 Å². The maximum Gasteiger partial charge on any atom is 0.193 e. The van der Waals surface area contributed by atoms with Crippen LogP contribution in [0.15, 0.2) is 29.5 Å². The highest BCUT2D eigenvalue weighted by molar-refractivity contribution is 14.0. The van der Waals surface area contributed by atoms with Gasteiger partial charge in [-0.3, -0.25) is 10.1 Å². The van der Waals surface area contributed by atoms with E-state index in [1.54, 1.807) is 4.90 Å². The van der Waals surface area contributed by atoms with E-state index in [-0.39, 0.29) is 36.1 Å². The van der Waals surface area contributed by atoms with Crippen LogP contribution in [0.2, 0.25) is 0 Å². The van der Waals surface area contributed by atoms with Gasteiger partial charge >= 0.3 is 0 Å². The summed E-state index contributed by atoms with van der Waals surface area (Å²) >= 11 is 0. The molecule has 2 heterocycles. The zero-order chi connectivity index (χ0) is 20.8. The first-order valence-electron chi connectivity index (χ1n) is 10.00. The Hall–Kier alpha value is -1.82. The maximum absolute atomic E-state index is 14.3. The number of aliphatic imine (C=N–C) groups is 1. The number of benzene rings is 1. The van der Waals surface area contributed by atoms with Crippen molar-refractivity contribution in [2.45, 2.75) is 31.7 Å². The molecule has 1 atom stereocenters. The summed E-state index contributed by atoms with van der Waals surface area (Å²) in [5.41, 5.74) is 0.0566. The van der Waals surface area contributed by atoms with Gasteiger partial charge in [0.25, 0.3) is 0 Å². The van der Waals surface area contributed by atoms with E-state index >= 15 is 0 Å². The van der Waals surface area contributed by atoms with Crippen LogP contribution < -0.4 is 5.32 Å². The van der Waals surface area contributed by atoms with Crippen molar-refractivity contribution in [2.75, 3.05) is 40.3 Å². The van der Waals surface area contributed by atoms with Crippen LogP contribution in [-0.4, -0.2) is 71.2 Å². The number of H-pyrrole nitrogens is 1. The molecule has 10 heteroatoms. The van der Waals surface area contributed by atoms with E-state index in [0.29, 0.717) is 5.92 Å². The topological polar surface area (TPSA) is 72.4 Å². The fourth-order valence-electron chi connectivity index (χ4n) is 3.72. The summed E-state index contributed by atoms with van der Waals surface area (Å²) < 4.78 is 28.6. The van der Waals surface area contributed by atoms with Gasteiger partial charge in [0.05, 0.1) is 12.6 Å². The normalized spacial score (nSPS) is 16.5. The molecule has 1 saturated heterocycles. The summed E-state index contributed by atoms with van der Waals surface area (Å²) in [6.07, 6.45) is 3.42. The highest BCUT2D eigenvalue weighted by Gasteiger charge is 2.26. The minimum atomic E-state index is -0.545. The molecule has 0 bridgehead atoms. The van der Waals surface area contributed by atoms with Gasteiger partial charge in [0, 0.05) is 31.1 Å². The van der Waals surface area contributed by atoms with E-state index in [1.165, 1.54) is 24.5 Å². The molecule has 0 amide bonds. The molecular weight excluding hydrogens is 503 g/mol. The van der Waals surface area contributed by atoms with Gasteiger partial charge in [-0.1, -0.05) is 6.07 Å². The highest BCUT2D eigenvalue weighted by atomic mass is 127. The lowest BCUT2D eigenvalue weighted by molar-refractivity contribution is 0.281. The minimum Gasteiger partial charge on any atom is -0.357 e. The third kappa shape index (κ3) is 5.87. The van der Waals surface area contributed by atoms with Crippen molar-refractivity contribution in [1.29, 1.82) is 0 Å². The molecule has 1 aliphatic heterocycles. The number of nitrogens with one attached hydrogen (secondary N) is 2. The van der Waals surface area contributed by atoms with E-state index in [2.05, 4.69) is 25.4 Å². The van der Waals surface area contributed by atoms with Crippen molar-refractivity contribution in [3.63, 3.8) is 0 Å². The van der Waals surface area contributed by atoms with Gasteiger partial charge in [0.1, 0.15) is 23.8 Å². The second-order valence-electron chi connectivity index (χ2n) is 7.44. The van der Waals surface area contributed by atoms with E-state index in [4.69, 9.17) is 4.99 Å². The van der Waals surface area contributed by atoms with Crippen LogP contribution >= 0.6 is 24.0 Å². The third-order valence-electron chi connectivity index (χ3n) is 5.32. The fraction of sp³-hybridized carbons (Fsp3) is 0.550. The average Bonchev–Trinajstić information content (AvgIpc) is 3.24. The molecule has 0 radical (unpaired) electrons. The summed E-state index contributed by atoms with van der Waals surface area (Å²) in [6, 6.07) is 3.47. The van der Waals surface area contributed by atoms with E-state index in [9.17, 15) is 8.78 Å². The number of hydrogen-bond acceptors (Lipinski definition) is 4. The zero-order valence-corrected chi connectivity index (χ0v) is 19.9. The second-order valence-corrected chi connectivity index (χ2v) is 7.44. The molecule has 1 aromatic carbocycles. The standard InChI is InChI=1S/C20H29F2N7.HI/c1-4-23-20(29-10-8-14(9-11-29)19-25-13-26-27-19)24-12-17(28(2)3)18-15(21)6-5-7-16(18)22;/h5-7,13-14,17H,4,8-12H2,1-3H3,(H,23,24)(H,25,26,27);1H. The average molecular weight is 533 g/mol. The smallest absolute Gasteiger partial charge is 0.193 e. The Bertz CT molecular complexity index is 785. The molecule has 1 fully saturated rings. The summed E-state index contributed by atoms with van der Waals surface area (Å²) in [4.78, 5) is 13.0. The van der Waals surface area contributed by atoms with Crippen LogP contribution in [0.25, 0.3) is 0 Å². The number of nitrogens with zero attached hydrogens (tertiary/aromatic N) is 5. The van der Waals surface area contributed by atoms with Crippen LogP contribution in [0.1, 0.15) is 43.1 Å². The number of guanidine groups is 1. The van der Waals surface area contributed by atoms with Crippen LogP contribution in [0.3, 0.4) is 0 Å². The number of likely N-dealkylation sites (N-methyl/N-ethyl adjacent to an activating group) is 1. The van der Waals surface area contributed by atoms with Crippen LogP contribution in [-0.2, 0) is 0 Å². The predicted octanol–water partition coefficient (Wildman–Crippen LogP) is 3.15. The first-order chi connectivity index (χ1) is 14.0. The van der Waals surface area contributed by atoms with Crippen LogP contribution in [0.5, 0.6) is 0 Å². The van der Waals surface area contributed by atoms with Crippen LogP contribution in [0, 0.1) is 11.6 Å². The number of aromatic amines is 1. The Morgan fingerprint density at radius 2 is 1.97 bits per heavy atom. The van der Waals surface area contributed by atoms with E-state index in [0.717, 1.165) is 44.3 Å². The number of likely N-dealkylation sites (tertiary alicyclic amines) is 1. The highest BCUT2D eigenvalue weighted by Crippen LogP contribution is 2.26. The Morgan fingerprint density at radius 3 is 2.50 bits per heavy atom. The molecule has 1 aromatic heterocycles. The molecule has 0 spiro atoms. The van der Waals surface area contributed by atoms with E-state index in [1.807, 2.05) is 21.0 Å². The zero-order valence-electron chi connectivity index (χ0n) is 17.6. The van der Waals surface area contributed by atoms with Gasteiger partial charge in [0.2, 0.25) is 0 Å². The van der Waals surface area contributed by atoms with Crippen molar-refractivity contribution >= 4 is 29.9 Å². The predicted molar refractivity (Wildman–Crippen MR) is 124 cm³/mol. The Balaban J connectivity index is 0.00000320. The van der Waals surface area contributed by atoms with Gasteiger partial charge in [0.15, 0.2) is 5.96 Å². The lowest BCUT2D eigenvalue weighted by Crippen LogP contribution is -2.45. The summed E-state index contributed by atoms with van der Waals surface area (Å²) in [7, 11) is 3.61. The second kappa shape index (κ2) is 11.5. The molecule has 166 valence electrons. The lowest BCUT2D eigenvalue weighted by Gasteiger charge is -2.34. The molecule has 2 aromatic rings. The molecule has 7 nitrogen and oxygen atoms in total. The quantitative estimate of drug-likeness (QED) is 0.339. The molecule has 2 N–H and O–H groups in total. The van der Waals surface area contributed by atoms with Crippen molar-refractivity contribution < 1.29 is 8.78 Å². The summed E-state index contributed by atoms with van der Waals surface area (Å²) in [5, 5.41) is 10.2. The third-order valence-corrected chi connectivity index (χ3v) is 5.32. The molecule has 0 aliphatic carbocycles.